The topological polar surface area (TPSA) is 42.0 Å². The number of alkyl halides is 3. The Labute approximate surface area is 107 Å². The molecule has 1 amide bonds. The van der Waals surface area contributed by atoms with Crippen molar-refractivity contribution in [3.63, 3.8) is 0 Å². The van der Waals surface area contributed by atoms with Gasteiger partial charge in [0.15, 0.2) is 0 Å². The van der Waals surface area contributed by atoms with Crippen LogP contribution in [-0.4, -0.2) is 10.9 Å². The van der Waals surface area contributed by atoms with Gasteiger partial charge in [0.2, 0.25) is 0 Å². The first-order chi connectivity index (χ1) is 8.98. The van der Waals surface area contributed by atoms with Crippen molar-refractivity contribution in [1.29, 1.82) is 0 Å². The number of nitrogens with zero attached hydrogens (tertiary/aromatic N) is 1. The number of para-hydroxylation sites is 1. The minimum atomic E-state index is -4.59. The summed E-state index contributed by atoms with van der Waals surface area (Å²) in [6, 6.07) is 9.02. The Balaban J connectivity index is 2.30. The van der Waals surface area contributed by atoms with Gasteiger partial charge >= 0.3 is 6.18 Å². The van der Waals surface area contributed by atoms with Crippen molar-refractivity contribution in [3.8, 4) is 0 Å². The van der Waals surface area contributed by atoms with Crippen molar-refractivity contribution in [2.24, 2.45) is 0 Å². The standard InChI is InChI=1S/C13H9F3N2O/c14-13(15,16)11-6-7-17-8-10(11)12(19)18-9-4-2-1-3-5-9/h1-8H,(H,18,19). The summed E-state index contributed by atoms with van der Waals surface area (Å²) in [5, 5.41) is 2.39. The molecule has 0 saturated heterocycles. The second-order valence-electron chi connectivity index (χ2n) is 3.74. The lowest BCUT2D eigenvalue weighted by Gasteiger charge is -2.12. The molecule has 0 aliphatic heterocycles. The highest BCUT2D eigenvalue weighted by Crippen LogP contribution is 2.31. The summed E-state index contributed by atoms with van der Waals surface area (Å²) in [4.78, 5) is 15.4. The maximum atomic E-state index is 12.7. The van der Waals surface area contributed by atoms with Crippen LogP contribution in [0.25, 0.3) is 0 Å². The predicted octanol–water partition coefficient (Wildman–Crippen LogP) is 3.35. The molecule has 0 spiro atoms. The van der Waals surface area contributed by atoms with Gasteiger partial charge in [0.1, 0.15) is 0 Å². The van der Waals surface area contributed by atoms with Crippen LogP contribution in [0, 0.1) is 0 Å². The van der Waals surface area contributed by atoms with Gasteiger partial charge in [-0.2, -0.15) is 13.2 Å². The number of nitrogens with one attached hydrogen (secondary N) is 1. The molecular weight excluding hydrogens is 257 g/mol. The molecule has 0 saturated carbocycles. The number of rotatable bonds is 2. The molecule has 1 aromatic carbocycles. The molecule has 0 bridgehead atoms. The second-order valence-corrected chi connectivity index (χ2v) is 3.74. The van der Waals surface area contributed by atoms with E-state index in [-0.39, 0.29) is 0 Å². The van der Waals surface area contributed by atoms with Crippen LogP contribution in [0.4, 0.5) is 18.9 Å². The first-order valence-corrected chi connectivity index (χ1v) is 5.36. The molecule has 3 nitrogen and oxygen atoms in total. The lowest BCUT2D eigenvalue weighted by atomic mass is 10.1. The van der Waals surface area contributed by atoms with Crippen LogP contribution in [0.3, 0.4) is 0 Å². The summed E-state index contributed by atoms with van der Waals surface area (Å²) >= 11 is 0. The molecule has 0 unspecified atom stereocenters. The molecule has 1 heterocycles. The van der Waals surface area contributed by atoms with Crippen LogP contribution in [0.5, 0.6) is 0 Å². The summed E-state index contributed by atoms with van der Waals surface area (Å²) in [7, 11) is 0. The lowest BCUT2D eigenvalue weighted by Crippen LogP contribution is -2.19. The van der Waals surface area contributed by atoms with Gasteiger partial charge in [0, 0.05) is 18.1 Å². The number of amides is 1. The molecule has 0 radical (unpaired) electrons. The van der Waals surface area contributed by atoms with Crippen molar-refractivity contribution < 1.29 is 18.0 Å². The average Bonchev–Trinajstić information content (AvgIpc) is 2.39. The number of carbonyl (C=O) groups is 1. The molecule has 1 aromatic heterocycles. The van der Waals surface area contributed by atoms with Crippen LogP contribution in [0.1, 0.15) is 15.9 Å². The number of pyridine rings is 1. The van der Waals surface area contributed by atoms with Crippen molar-refractivity contribution in [3.05, 3.63) is 59.9 Å². The van der Waals surface area contributed by atoms with Gasteiger partial charge in [-0.15, -0.1) is 0 Å². The molecule has 0 aliphatic rings. The van der Waals surface area contributed by atoms with E-state index < -0.39 is 23.2 Å². The number of anilines is 1. The minimum absolute atomic E-state index is 0.421. The predicted molar refractivity (Wildman–Crippen MR) is 63.6 cm³/mol. The smallest absolute Gasteiger partial charge is 0.322 e. The number of hydrogen-bond donors (Lipinski definition) is 1. The molecular formula is C13H9F3N2O. The van der Waals surface area contributed by atoms with Crippen LogP contribution in [0.15, 0.2) is 48.8 Å². The Bertz CT molecular complexity index is 582. The monoisotopic (exact) mass is 266 g/mol. The van der Waals surface area contributed by atoms with Crippen molar-refractivity contribution >= 4 is 11.6 Å². The maximum absolute atomic E-state index is 12.7. The second kappa shape index (κ2) is 5.09. The highest BCUT2D eigenvalue weighted by Gasteiger charge is 2.35. The zero-order chi connectivity index (χ0) is 13.9. The van der Waals surface area contributed by atoms with Gasteiger partial charge in [-0.05, 0) is 18.2 Å². The van der Waals surface area contributed by atoms with Gasteiger partial charge in [0.05, 0.1) is 11.1 Å². The van der Waals surface area contributed by atoms with E-state index in [1.807, 2.05) is 0 Å². The fourth-order valence-electron chi connectivity index (χ4n) is 1.54. The third kappa shape index (κ3) is 3.09. The highest BCUT2D eigenvalue weighted by atomic mass is 19.4. The fourth-order valence-corrected chi connectivity index (χ4v) is 1.54. The van der Waals surface area contributed by atoms with Crippen molar-refractivity contribution in [2.75, 3.05) is 5.32 Å². The lowest BCUT2D eigenvalue weighted by molar-refractivity contribution is -0.137. The molecule has 98 valence electrons. The fraction of sp³-hybridized carbons (Fsp3) is 0.0769. The minimum Gasteiger partial charge on any atom is -0.322 e. The summed E-state index contributed by atoms with van der Waals surface area (Å²) in [6.45, 7) is 0. The van der Waals surface area contributed by atoms with Crippen LogP contribution >= 0.6 is 0 Å². The SMILES string of the molecule is O=C(Nc1ccccc1)c1cnccc1C(F)(F)F. The zero-order valence-corrected chi connectivity index (χ0v) is 9.61. The number of carbonyl (C=O) groups excluding carboxylic acids is 1. The van der Waals surface area contributed by atoms with Gasteiger partial charge in [0.25, 0.3) is 5.91 Å². The number of benzene rings is 1. The first-order valence-electron chi connectivity index (χ1n) is 5.36. The molecule has 19 heavy (non-hydrogen) atoms. The van der Waals surface area contributed by atoms with Gasteiger partial charge in [-0.3, -0.25) is 9.78 Å². The Morgan fingerprint density at radius 2 is 1.79 bits per heavy atom. The molecule has 0 aliphatic carbocycles. The van der Waals surface area contributed by atoms with Crippen LogP contribution < -0.4 is 5.32 Å². The van der Waals surface area contributed by atoms with Gasteiger partial charge < -0.3 is 5.32 Å². The van der Waals surface area contributed by atoms with E-state index >= 15 is 0 Å². The third-order valence-electron chi connectivity index (χ3n) is 2.40. The molecule has 6 heteroatoms. The molecule has 0 atom stereocenters. The molecule has 2 rings (SSSR count). The van der Waals surface area contributed by atoms with E-state index in [0.717, 1.165) is 18.5 Å². The summed E-state index contributed by atoms with van der Waals surface area (Å²) < 4.78 is 38.2. The van der Waals surface area contributed by atoms with Crippen molar-refractivity contribution in [2.45, 2.75) is 6.18 Å². The van der Waals surface area contributed by atoms with E-state index in [4.69, 9.17) is 0 Å². The van der Waals surface area contributed by atoms with E-state index in [1.165, 1.54) is 0 Å². The summed E-state index contributed by atoms with van der Waals surface area (Å²) in [5.74, 6) is -0.841. The van der Waals surface area contributed by atoms with E-state index in [1.54, 1.807) is 30.3 Å². The first kappa shape index (κ1) is 13.1. The van der Waals surface area contributed by atoms with Gasteiger partial charge in [-0.25, -0.2) is 0 Å². The number of halogens is 3. The van der Waals surface area contributed by atoms with Gasteiger partial charge in [-0.1, -0.05) is 18.2 Å². The highest BCUT2D eigenvalue weighted by molar-refractivity contribution is 6.05. The quantitative estimate of drug-likeness (QED) is 0.905. The Kier molecular flexibility index (Phi) is 3.50. The Morgan fingerprint density at radius 1 is 1.11 bits per heavy atom. The zero-order valence-electron chi connectivity index (χ0n) is 9.61. The van der Waals surface area contributed by atoms with E-state index in [0.29, 0.717) is 5.69 Å². The van der Waals surface area contributed by atoms with Crippen molar-refractivity contribution in [1.82, 2.24) is 4.98 Å². The largest absolute Gasteiger partial charge is 0.417 e. The van der Waals surface area contributed by atoms with E-state index in [9.17, 15) is 18.0 Å². The summed E-state index contributed by atoms with van der Waals surface area (Å²) in [5.41, 5.74) is -1.08. The summed E-state index contributed by atoms with van der Waals surface area (Å²) in [6.07, 6.45) is -2.69. The number of aromatic nitrogens is 1. The average molecular weight is 266 g/mol. The molecule has 2 aromatic rings. The number of hydrogen-bond acceptors (Lipinski definition) is 2. The Morgan fingerprint density at radius 3 is 2.42 bits per heavy atom. The van der Waals surface area contributed by atoms with E-state index in [2.05, 4.69) is 10.3 Å². The Hall–Kier alpha value is -2.37. The van der Waals surface area contributed by atoms with Crippen LogP contribution in [-0.2, 0) is 6.18 Å². The molecule has 1 N–H and O–H groups in total. The van der Waals surface area contributed by atoms with Crippen LogP contribution in [0.2, 0.25) is 0 Å². The normalized spacial score (nSPS) is 11.1. The molecule has 0 fully saturated rings. The maximum Gasteiger partial charge on any atom is 0.417 e. The third-order valence-corrected chi connectivity index (χ3v) is 2.40.